The van der Waals surface area contributed by atoms with Gasteiger partial charge in [-0.25, -0.2) is 0 Å². The minimum absolute atomic E-state index is 0.588. The minimum atomic E-state index is 0.588. The number of hydrogen-bond acceptors (Lipinski definition) is 5. The molecule has 0 atom stereocenters. The molecule has 0 aliphatic heterocycles. The van der Waals surface area contributed by atoms with Crippen molar-refractivity contribution in [2.24, 2.45) is 0 Å². The molecule has 0 unspecified atom stereocenters. The first-order valence-electron chi connectivity index (χ1n) is 5.69. The van der Waals surface area contributed by atoms with Crippen molar-refractivity contribution < 1.29 is 4.42 Å². The zero-order valence-corrected chi connectivity index (χ0v) is 13.9. The number of nitrogens with zero attached hydrogens (tertiary/aromatic N) is 2. The smallest absolute Gasteiger partial charge is 0.257 e. The van der Waals surface area contributed by atoms with Gasteiger partial charge in [-0.1, -0.05) is 6.92 Å². The Kier molecular flexibility index (Phi) is 5.35. The lowest BCUT2D eigenvalue weighted by Gasteiger charge is -1.97. The molecule has 0 bridgehead atoms. The zero-order chi connectivity index (χ0) is 13.0. The van der Waals surface area contributed by atoms with Gasteiger partial charge in [0, 0.05) is 10.9 Å². The predicted octanol–water partition coefficient (Wildman–Crippen LogP) is 3.87. The molecule has 7 heteroatoms. The van der Waals surface area contributed by atoms with Crippen molar-refractivity contribution in [2.45, 2.75) is 19.8 Å². The summed E-state index contributed by atoms with van der Waals surface area (Å²) in [6.07, 6.45) is 1.82. The Labute approximate surface area is 126 Å². The predicted molar refractivity (Wildman–Crippen MR) is 79.9 cm³/mol. The molecule has 18 heavy (non-hydrogen) atoms. The second-order valence-electron chi connectivity index (χ2n) is 3.69. The maximum atomic E-state index is 5.64. The Bertz CT molecular complexity index is 493. The average molecular weight is 395 g/mol. The molecule has 2 rings (SSSR count). The van der Waals surface area contributed by atoms with Crippen LogP contribution in [-0.4, -0.2) is 23.3 Å². The third-order valence-electron chi connectivity index (χ3n) is 2.32. The van der Waals surface area contributed by atoms with Crippen LogP contribution in [0, 0.1) is 0 Å². The summed E-state index contributed by atoms with van der Waals surface area (Å²) in [6.45, 7) is 4.06. The van der Waals surface area contributed by atoms with E-state index >= 15 is 0 Å². The monoisotopic (exact) mass is 393 g/mol. The molecular weight excluding hydrogens is 382 g/mol. The van der Waals surface area contributed by atoms with Crippen LogP contribution in [0.5, 0.6) is 0 Å². The highest BCUT2D eigenvalue weighted by molar-refractivity contribution is 9.13. The van der Waals surface area contributed by atoms with Crippen molar-refractivity contribution in [1.82, 2.24) is 15.5 Å². The lowest BCUT2D eigenvalue weighted by Crippen LogP contribution is -2.14. The van der Waals surface area contributed by atoms with Crippen molar-refractivity contribution in [3.05, 3.63) is 20.2 Å². The van der Waals surface area contributed by atoms with E-state index in [4.69, 9.17) is 4.42 Å². The molecule has 98 valence electrons. The summed E-state index contributed by atoms with van der Waals surface area (Å²) in [6, 6.07) is 1.98. The van der Waals surface area contributed by atoms with E-state index in [1.54, 1.807) is 11.3 Å². The number of rotatable bonds is 6. The maximum absolute atomic E-state index is 5.64. The molecule has 0 aliphatic rings. The third kappa shape index (κ3) is 3.63. The Morgan fingerprint density at radius 3 is 2.89 bits per heavy atom. The van der Waals surface area contributed by atoms with Crippen LogP contribution in [0.2, 0.25) is 0 Å². The fourth-order valence-electron chi connectivity index (χ4n) is 1.45. The first kappa shape index (κ1) is 14.2. The molecule has 2 aromatic rings. The number of nitrogens with one attached hydrogen (secondary N) is 1. The Morgan fingerprint density at radius 1 is 1.39 bits per heavy atom. The molecule has 0 aromatic carbocycles. The van der Waals surface area contributed by atoms with Crippen LogP contribution in [0.4, 0.5) is 0 Å². The van der Waals surface area contributed by atoms with Gasteiger partial charge in [-0.05, 0) is 57.4 Å². The SMILES string of the molecule is CCNCCCc1nnc(-c2cc(Br)c(Br)s2)o1. The summed E-state index contributed by atoms with van der Waals surface area (Å²) < 4.78 is 7.68. The average Bonchev–Trinajstić information content (AvgIpc) is 2.93. The topological polar surface area (TPSA) is 51.0 Å². The van der Waals surface area contributed by atoms with E-state index in [0.29, 0.717) is 11.8 Å². The molecule has 0 saturated carbocycles. The van der Waals surface area contributed by atoms with Gasteiger partial charge in [-0.15, -0.1) is 21.5 Å². The van der Waals surface area contributed by atoms with Gasteiger partial charge in [-0.3, -0.25) is 0 Å². The summed E-state index contributed by atoms with van der Waals surface area (Å²) in [5, 5.41) is 11.4. The standard InChI is InChI=1S/C11H13Br2N3OS/c1-2-14-5-3-4-9-15-16-11(17-9)8-6-7(12)10(13)18-8/h6,14H,2-5H2,1H3. The van der Waals surface area contributed by atoms with Crippen LogP contribution in [0.1, 0.15) is 19.2 Å². The number of thiophene rings is 1. The highest BCUT2D eigenvalue weighted by Gasteiger charge is 2.12. The van der Waals surface area contributed by atoms with Gasteiger partial charge in [0.2, 0.25) is 5.89 Å². The lowest BCUT2D eigenvalue weighted by atomic mass is 10.3. The lowest BCUT2D eigenvalue weighted by molar-refractivity contribution is 0.493. The first-order chi connectivity index (χ1) is 8.70. The zero-order valence-electron chi connectivity index (χ0n) is 9.87. The molecule has 0 amide bonds. The molecule has 0 fully saturated rings. The molecule has 2 aromatic heterocycles. The van der Waals surface area contributed by atoms with Gasteiger partial charge < -0.3 is 9.73 Å². The number of halogens is 2. The van der Waals surface area contributed by atoms with Gasteiger partial charge in [-0.2, -0.15) is 0 Å². The molecule has 2 heterocycles. The number of hydrogen-bond donors (Lipinski definition) is 1. The Balaban J connectivity index is 1.97. The van der Waals surface area contributed by atoms with Crippen LogP contribution in [-0.2, 0) is 6.42 Å². The molecular formula is C11H13Br2N3OS. The van der Waals surface area contributed by atoms with Crippen LogP contribution in [0.3, 0.4) is 0 Å². The van der Waals surface area contributed by atoms with Gasteiger partial charge >= 0.3 is 0 Å². The number of aryl methyl sites for hydroxylation is 1. The second-order valence-corrected chi connectivity index (χ2v) is 6.91. The van der Waals surface area contributed by atoms with E-state index in [1.807, 2.05) is 6.07 Å². The van der Waals surface area contributed by atoms with Crippen LogP contribution in [0.15, 0.2) is 18.7 Å². The molecule has 0 aliphatic carbocycles. The fourth-order valence-corrected chi connectivity index (χ4v) is 3.40. The maximum Gasteiger partial charge on any atom is 0.257 e. The fraction of sp³-hybridized carbons (Fsp3) is 0.455. The summed E-state index contributed by atoms with van der Waals surface area (Å²) in [4.78, 5) is 0.971. The van der Waals surface area contributed by atoms with E-state index in [1.165, 1.54) is 0 Å². The van der Waals surface area contributed by atoms with Crippen molar-refractivity contribution in [3.63, 3.8) is 0 Å². The van der Waals surface area contributed by atoms with E-state index in [2.05, 4.69) is 54.3 Å². The third-order valence-corrected chi connectivity index (χ3v) is 5.56. The van der Waals surface area contributed by atoms with Crippen molar-refractivity contribution in [3.8, 4) is 10.8 Å². The molecule has 0 saturated heterocycles. The quantitative estimate of drug-likeness (QED) is 0.755. The minimum Gasteiger partial charge on any atom is -0.420 e. The Morgan fingerprint density at radius 2 is 2.22 bits per heavy atom. The van der Waals surface area contributed by atoms with Gasteiger partial charge in [0.1, 0.15) is 0 Å². The Hall–Kier alpha value is -0.240. The van der Waals surface area contributed by atoms with Crippen LogP contribution < -0.4 is 5.32 Å². The number of aromatic nitrogens is 2. The van der Waals surface area contributed by atoms with Gasteiger partial charge in [0.25, 0.3) is 5.89 Å². The molecule has 1 N–H and O–H groups in total. The van der Waals surface area contributed by atoms with Crippen molar-refractivity contribution in [1.29, 1.82) is 0 Å². The summed E-state index contributed by atoms with van der Waals surface area (Å²) >= 11 is 8.47. The molecule has 4 nitrogen and oxygen atoms in total. The van der Waals surface area contributed by atoms with Crippen LogP contribution >= 0.6 is 43.2 Å². The second kappa shape index (κ2) is 6.79. The van der Waals surface area contributed by atoms with Gasteiger partial charge in [0.05, 0.1) is 8.66 Å². The van der Waals surface area contributed by atoms with E-state index < -0.39 is 0 Å². The highest BCUT2D eigenvalue weighted by Crippen LogP contribution is 2.37. The van der Waals surface area contributed by atoms with Gasteiger partial charge in [0.15, 0.2) is 0 Å². The van der Waals surface area contributed by atoms with E-state index in [9.17, 15) is 0 Å². The summed E-state index contributed by atoms with van der Waals surface area (Å²) in [7, 11) is 0. The molecule has 0 spiro atoms. The first-order valence-corrected chi connectivity index (χ1v) is 8.09. The van der Waals surface area contributed by atoms with Crippen LogP contribution in [0.25, 0.3) is 10.8 Å². The molecule has 0 radical (unpaired) electrons. The van der Waals surface area contributed by atoms with E-state index in [-0.39, 0.29) is 0 Å². The normalized spacial score (nSPS) is 11.1. The summed E-state index contributed by atoms with van der Waals surface area (Å²) in [5.41, 5.74) is 0. The summed E-state index contributed by atoms with van der Waals surface area (Å²) in [5.74, 6) is 1.29. The largest absolute Gasteiger partial charge is 0.420 e. The van der Waals surface area contributed by atoms with Crippen molar-refractivity contribution >= 4 is 43.2 Å². The van der Waals surface area contributed by atoms with Crippen molar-refractivity contribution in [2.75, 3.05) is 13.1 Å². The van der Waals surface area contributed by atoms with E-state index in [0.717, 1.165) is 39.1 Å². The highest BCUT2D eigenvalue weighted by atomic mass is 79.9.